The summed E-state index contributed by atoms with van der Waals surface area (Å²) in [7, 11) is 0. The molecule has 2 amide bonds. The van der Waals surface area contributed by atoms with E-state index in [0.29, 0.717) is 11.8 Å². The van der Waals surface area contributed by atoms with Crippen LogP contribution in [0.15, 0.2) is 24.3 Å². The Morgan fingerprint density at radius 2 is 1.79 bits per heavy atom. The van der Waals surface area contributed by atoms with Gasteiger partial charge in [0.15, 0.2) is 0 Å². The van der Waals surface area contributed by atoms with Gasteiger partial charge in [-0.05, 0) is 87.8 Å². The first-order chi connectivity index (χ1) is 13.3. The lowest BCUT2D eigenvalue weighted by molar-refractivity contribution is -0.153. The molecule has 0 radical (unpaired) electrons. The van der Waals surface area contributed by atoms with Crippen LogP contribution < -0.4 is 10.6 Å². The monoisotopic (exact) mass is 386 g/mol. The number of hydrogen-bond donors (Lipinski definition) is 2. The van der Waals surface area contributed by atoms with Gasteiger partial charge in [0.05, 0.1) is 5.41 Å². The van der Waals surface area contributed by atoms with Crippen LogP contribution in [0, 0.1) is 23.1 Å². The predicted molar refractivity (Wildman–Crippen MR) is 106 cm³/mol. The fourth-order valence-corrected chi connectivity index (χ4v) is 6.53. The van der Waals surface area contributed by atoms with E-state index < -0.39 is 0 Å². The van der Waals surface area contributed by atoms with Crippen molar-refractivity contribution in [3.8, 4) is 0 Å². The summed E-state index contributed by atoms with van der Waals surface area (Å²) >= 11 is 0. The second-order valence-corrected chi connectivity index (χ2v) is 9.74. The second kappa shape index (κ2) is 7.16. The fraction of sp³-hybridized carbons (Fsp3) is 0.652. The quantitative estimate of drug-likeness (QED) is 0.783. The fourth-order valence-electron chi connectivity index (χ4n) is 6.53. The zero-order chi connectivity index (χ0) is 19.9. The van der Waals surface area contributed by atoms with Crippen LogP contribution in [0.5, 0.6) is 0 Å². The number of amides is 2. The van der Waals surface area contributed by atoms with E-state index in [4.69, 9.17) is 0 Å². The molecule has 2 unspecified atom stereocenters. The van der Waals surface area contributed by atoms with Gasteiger partial charge in [0.1, 0.15) is 5.82 Å². The SMILES string of the molecule is CC(=O)NC12C[C@H]3C[C@@H](C1)CC(C(=O)N[C@H](C)CCc1ccc(F)cc1)(C3)C2. The van der Waals surface area contributed by atoms with Crippen LogP contribution >= 0.6 is 0 Å². The first-order valence-electron chi connectivity index (χ1n) is 10.6. The van der Waals surface area contributed by atoms with Crippen molar-refractivity contribution in [1.82, 2.24) is 10.6 Å². The van der Waals surface area contributed by atoms with E-state index >= 15 is 0 Å². The van der Waals surface area contributed by atoms with Crippen molar-refractivity contribution in [2.45, 2.75) is 76.8 Å². The zero-order valence-corrected chi connectivity index (χ0v) is 16.9. The lowest BCUT2D eigenvalue weighted by Crippen LogP contribution is -2.66. The van der Waals surface area contributed by atoms with Crippen LogP contribution in [0.25, 0.3) is 0 Å². The number of rotatable bonds is 6. The lowest BCUT2D eigenvalue weighted by atomic mass is 9.46. The van der Waals surface area contributed by atoms with Crippen LogP contribution in [0.3, 0.4) is 0 Å². The summed E-state index contributed by atoms with van der Waals surface area (Å²) < 4.78 is 13.0. The summed E-state index contributed by atoms with van der Waals surface area (Å²) in [4.78, 5) is 25.1. The molecule has 4 aliphatic carbocycles. The third kappa shape index (κ3) is 3.81. The van der Waals surface area contributed by atoms with E-state index in [2.05, 4.69) is 10.6 Å². The largest absolute Gasteiger partial charge is 0.353 e. The number of halogens is 1. The summed E-state index contributed by atoms with van der Waals surface area (Å²) in [5, 5.41) is 6.49. The van der Waals surface area contributed by atoms with E-state index in [9.17, 15) is 14.0 Å². The maximum absolute atomic E-state index is 13.3. The van der Waals surface area contributed by atoms with E-state index in [1.54, 1.807) is 19.1 Å². The van der Waals surface area contributed by atoms with Crippen LogP contribution in [0.2, 0.25) is 0 Å². The maximum atomic E-state index is 13.3. The highest BCUT2D eigenvalue weighted by atomic mass is 19.1. The number of hydrogen-bond acceptors (Lipinski definition) is 2. The van der Waals surface area contributed by atoms with Crippen LogP contribution in [0.1, 0.15) is 64.4 Å². The Morgan fingerprint density at radius 3 is 2.39 bits per heavy atom. The van der Waals surface area contributed by atoms with Crippen molar-refractivity contribution in [1.29, 1.82) is 0 Å². The van der Waals surface area contributed by atoms with Gasteiger partial charge in [-0.2, -0.15) is 0 Å². The van der Waals surface area contributed by atoms with Crippen molar-refractivity contribution in [2.75, 3.05) is 0 Å². The topological polar surface area (TPSA) is 58.2 Å². The molecule has 4 bridgehead atoms. The summed E-state index contributed by atoms with van der Waals surface area (Å²) in [5.74, 6) is 1.06. The van der Waals surface area contributed by atoms with Gasteiger partial charge >= 0.3 is 0 Å². The molecular weight excluding hydrogens is 355 g/mol. The van der Waals surface area contributed by atoms with Gasteiger partial charge in [-0.15, -0.1) is 0 Å². The number of nitrogens with one attached hydrogen (secondary N) is 2. The molecule has 0 aliphatic heterocycles. The first-order valence-corrected chi connectivity index (χ1v) is 10.6. The Balaban J connectivity index is 1.39. The van der Waals surface area contributed by atoms with Gasteiger partial charge in [0, 0.05) is 18.5 Å². The third-order valence-corrected chi connectivity index (χ3v) is 7.14. The molecule has 4 aliphatic rings. The molecule has 28 heavy (non-hydrogen) atoms. The summed E-state index contributed by atoms with van der Waals surface area (Å²) in [5.41, 5.74) is 0.586. The van der Waals surface area contributed by atoms with Crippen molar-refractivity contribution >= 4 is 11.8 Å². The molecule has 2 N–H and O–H groups in total. The highest BCUT2D eigenvalue weighted by Crippen LogP contribution is 2.61. The molecule has 4 nitrogen and oxygen atoms in total. The summed E-state index contributed by atoms with van der Waals surface area (Å²) in [6.07, 6.45) is 7.60. The normalized spacial score (nSPS) is 34.1. The van der Waals surface area contributed by atoms with Crippen LogP contribution in [-0.4, -0.2) is 23.4 Å². The van der Waals surface area contributed by atoms with Gasteiger partial charge < -0.3 is 10.6 Å². The highest BCUT2D eigenvalue weighted by molar-refractivity contribution is 5.84. The number of benzene rings is 1. The average molecular weight is 387 g/mol. The molecule has 0 aromatic heterocycles. The third-order valence-electron chi connectivity index (χ3n) is 7.14. The highest BCUT2D eigenvalue weighted by Gasteiger charge is 2.60. The van der Waals surface area contributed by atoms with Crippen molar-refractivity contribution in [3.05, 3.63) is 35.6 Å². The Hall–Kier alpha value is -1.91. The van der Waals surface area contributed by atoms with E-state index in [1.165, 1.54) is 18.6 Å². The summed E-state index contributed by atoms with van der Waals surface area (Å²) in [6.45, 7) is 3.63. The van der Waals surface area contributed by atoms with E-state index in [-0.39, 0.29) is 34.6 Å². The molecule has 0 saturated heterocycles. The molecule has 1 aromatic rings. The standard InChI is InChI=1S/C23H31FN2O2/c1-15(3-4-17-5-7-20(24)8-6-17)25-21(28)22-10-18-9-19(11-22)13-23(12-18,14-22)26-16(2)27/h5-8,15,18-19H,3-4,9-14H2,1-2H3,(H,25,28)(H,26,27)/t15-,18-,19+,22?,23?/m1/s1. The molecule has 5 atom stereocenters. The minimum Gasteiger partial charge on any atom is -0.353 e. The Bertz CT molecular complexity index is 746. The number of aryl methyl sites for hydroxylation is 1. The zero-order valence-electron chi connectivity index (χ0n) is 16.9. The van der Waals surface area contributed by atoms with Crippen molar-refractivity contribution in [2.24, 2.45) is 17.3 Å². The Labute approximate surface area is 166 Å². The second-order valence-electron chi connectivity index (χ2n) is 9.74. The van der Waals surface area contributed by atoms with Crippen LogP contribution in [0.4, 0.5) is 4.39 Å². The molecule has 152 valence electrons. The molecular formula is C23H31FN2O2. The minimum atomic E-state index is -0.323. The van der Waals surface area contributed by atoms with Gasteiger partial charge in [0.2, 0.25) is 11.8 Å². The lowest BCUT2D eigenvalue weighted by Gasteiger charge is -2.61. The minimum absolute atomic E-state index is 0.0187. The predicted octanol–water partition coefficient (Wildman–Crippen LogP) is 3.74. The molecule has 5 rings (SSSR count). The molecule has 0 spiro atoms. The van der Waals surface area contributed by atoms with Crippen LogP contribution in [-0.2, 0) is 16.0 Å². The van der Waals surface area contributed by atoms with E-state index in [0.717, 1.165) is 50.5 Å². The maximum Gasteiger partial charge on any atom is 0.226 e. The Kier molecular flexibility index (Phi) is 4.96. The molecule has 5 heteroatoms. The Morgan fingerprint density at radius 1 is 1.14 bits per heavy atom. The van der Waals surface area contributed by atoms with Gasteiger partial charge in [-0.3, -0.25) is 9.59 Å². The smallest absolute Gasteiger partial charge is 0.226 e. The molecule has 1 aromatic carbocycles. The first kappa shape index (κ1) is 19.4. The van der Waals surface area contributed by atoms with Gasteiger partial charge in [0.25, 0.3) is 0 Å². The average Bonchev–Trinajstić information content (AvgIpc) is 2.59. The van der Waals surface area contributed by atoms with Gasteiger partial charge in [-0.1, -0.05) is 12.1 Å². The summed E-state index contributed by atoms with van der Waals surface area (Å²) in [6, 6.07) is 6.65. The molecule has 4 fully saturated rings. The van der Waals surface area contributed by atoms with E-state index in [1.807, 2.05) is 6.92 Å². The number of carbonyl (C=O) groups excluding carboxylic acids is 2. The van der Waals surface area contributed by atoms with Crippen molar-refractivity contribution < 1.29 is 14.0 Å². The number of carbonyl (C=O) groups is 2. The van der Waals surface area contributed by atoms with Crippen molar-refractivity contribution in [3.63, 3.8) is 0 Å². The van der Waals surface area contributed by atoms with Gasteiger partial charge in [-0.25, -0.2) is 4.39 Å². The molecule has 0 heterocycles. The molecule has 4 saturated carbocycles.